The second-order valence-electron chi connectivity index (χ2n) is 5.58. The van der Waals surface area contributed by atoms with E-state index in [1.54, 1.807) is 47.2 Å². The van der Waals surface area contributed by atoms with Crippen molar-refractivity contribution in [3.8, 4) is 5.75 Å². The van der Waals surface area contributed by atoms with Crippen molar-refractivity contribution in [1.29, 1.82) is 0 Å². The molecule has 0 fully saturated rings. The maximum absolute atomic E-state index is 12.4. The molecule has 0 atom stereocenters. The summed E-state index contributed by atoms with van der Waals surface area (Å²) in [5, 5.41) is 0. The molecule has 124 valence electrons. The molecule has 0 aliphatic rings. The van der Waals surface area contributed by atoms with Gasteiger partial charge in [0.05, 0.1) is 6.20 Å². The molecule has 0 N–H and O–H groups in total. The molecular formula is C20H17N2O3+. The van der Waals surface area contributed by atoms with Crippen molar-refractivity contribution in [1.82, 2.24) is 4.98 Å². The van der Waals surface area contributed by atoms with Gasteiger partial charge in [0.25, 0.3) is 0 Å². The Kier molecular flexibility index (Phi) is 4.95. The van der Waals surface area contributed by atoms with Gasteiger partial charge in [-0.25, -0.2) is 4.79 Å². The third kappa shape index (κ3) is 4.14. The van der Waals surface area contributed by atoms with E-state index in [-0.39, 0.29) is 18.0 Å². The first-order valence-electron chi connectivity index (χ1n) is 7.84. The fourth-order valence-electron chi connectivity index (χ4n) is 2.33. The van der Waals surface area contributed by atoms with Crippen LogP contribution in [0.4, 0.5) is 0 Å². The molecule has 3 rings (SSSR count). The average molecular weight is 333 g/mol. The Balaban J connectivity index is 1.79. The Morgan fingerprint density at radius 2 is 1.76 bits per heavy atom. The van der Waals surface area contributed by atoms with Gasteiger partial charge in [-0.2, -0.15) is 4.57 Å². The van der Waals surface area contributed by atoms with Crippen LogP contribution in [-0.4, -0.2) is 16.7 Å². The Bertz CT molecular complexity index is 890. The Hall–Kier alpha value is -3.34. The van der Waals surface area contributed by atoms with Gasteiger partial charge in [-0.1, -0.05) is 48.0 Å². The van der Waals surface area contributed by atoms with E-state index in [0.717, 1.165) is 5.56 Å². The van der Waals surface area contributed by atoms with Gasteiger partial charge in [-0.15, -0.1) is 0 Å². The molecule has 0 aliphatic heterocycles. The predicted molar refractivity (Wildman–Crippen MR) is 91.3 cm³/mol. The zero-order valence-corrected chi connectivity index (χ0v) is 13.8. The summed E-state index contributed by atoms with van der Waals surface area (Å²) in [6.07, 6.45) is 4.52. The third-order valence-electron chi connectivity index (χ3n) is 3.69. The lowest BCUT2D eigenvalue weighted by Crippen LogP contribution is -2.44. The lowest BCUT2D eigenvalue weighted by Gasteiger charge is -2.05. The van der Waals surface area contributed by atoms with Gasteiger partial charge in [0, 0.05) is 5.56 Å². The smallest absolute Gasteiger partial charge is 0.410 e. The van der Waals surface area contributed by atoms with Crippen molar-refractivity contribution >= 4 is 11.8 Å². The highest BCUT2D eigenvalue weighted by molar-refractivity contribution is 5.95. The fourth-order valence-corrected chi connectivity index (χ4v) is 2.33. The molecule has 25 heavy (non-hydrogen) atoms. The zero-order valence-electron chi connectivity index (χ0n) is 13.8. The van der Waals surface area contributed by atoms with Crippen LogP contribution in [0.1, 0.15) is 26.4 Å². The van der Waals surface area contributed by atoms with Crippen molar-refractivity contribution in [3.63, 3.8) is 0 Å². The van der Waals surface area contributed by atoms with Crippen LogP contribution in [0.15, 0.2) is 73.2 Å². The normalized spacial score (nSPS) is 10.3. The number of Topliss-reactive ketones (excluding diaryl/α,β-unsaturated/α-hetero) is 1. The van der Waals surface area contributed by atoms with Crippen molar-refractivity contribution in [2.24, 2.45) is 0 Å². The highest BCUT2D eigenvalue weighted by Crippen LogP contribution is 2.12. The predicted octanol–water partition coefficient (Wildman–Crippen LogP) is 2.78. The number of hydrogen-bond acceptors (Lipinski definition) is 4. The standard InChI is InChI=1S/C20H17N2O3/c1-15-7-9-17(10-8-15)25-20(24)18-13-21-11-12-22(18)14-19(23)16-5-3-2-4-6-16/h2-13H,14H2,1H3/q+1. The number of rotatable bonds is 5. The van der Waals surface area contributed by atoms with Crippen molar-refractivity contribution in [2.75, 3.05) is 0 Å². The molecule has 1 heterocycles. The second-order valence-corrected chi connectivity index (χ2v) is 5.58. The monoisotopic (exact) mass is 333 g/mol. The molecule has 0 radical (unpaired) electrons. The van der Waals surface area contributed by atoms with Crippen LogP contribution in [0.25, 0.3) is 0 Å². The Morgan fingerprint density at radius 1 is 1.04 bits per heavy atom. The van der Waals surface area contributed by atoms with E-state index in [0.29, 0.717) is 11.3 Å². The number of aromatic nitrogens is 2. The second kappa shape index (κ2) is 7.49. The van der Waals surface area contributed by atoms with E-state index in [9.17, 15) is 9.59 Å². The van der Waals surface area contributed by atoms with E-state index in [2.05, 4.69) is 4.98 Å². The molecular weight excluding hydrogens is 316 g/mol. The molecule has 2 aromatic carbocycles. The van der Waals surface area contributed by atoms with Crippen molar-refractivity contribution < 1.29 is 18.9 Å². The summed E-state index contributed by atoms with van der Waals surface area (Å²) in [6, 6.07) is 16.1. The highest BCUT2D eigenvalue weighted by atomic mass is 16.5. The first kappa shape index (κ1) is 16.5. The summed E-state index contributed by atoms with van der Waals surface area (Å²) in [5.74, 6) is -0.209. The molecule has 0 saturated heterocycles. The van der Waals surface area contributed by atoms with Crippen LogP contribution in [-0.2, 0) is 6.54 Å². The lowest BCUT2D eigenvalue weighted by molar-refractivity contribution is -0.686. The van der Waals surface area contributed by atoms with Gasteiger partial charge < -0.3 is 4.74 Å². The van der Waals surface area contributed by atoms with Crippen LogP contribution in [0.3, 0.4) is 0 Å². The van der Waals surface area contributed by atoms with Gasteiger partial charge in [-0.3, -0.25) is 9.78 Å². The van der Waals surface area contributed by atoms with Crippen LogP contribution >= 0.6 is 0 Å². The zero-order chi connectivity index (χ0) is 17.6. The number of esters is 1. The third-order valence-corrected chi connectivity index (χ3v) is 3.69. The molecule has 3 aromatic rings. The quantitative estimate of drug-likeness (QED) is 0.312. The van der Waals surface area contributed by atoms with E-state index in [1.165, 1.54) is 12.4 Å². The minimum absolute atomic E-state index is 0.0326. The number of aryl methyl sites for hydroxylation is 1. The number of hydrogen-bond donors (Lipinski definition) is 0. The summed E-state index contributed by atoms with van der Waals surface area (Å²) in [4.78, 5) is 28.8. The van der Waals surface area contributed by atoms with Gasteiger partial charge in [0.15, 0.2) is 6.20 Å². The molecule has 1 aromatic heterocycles. The number of carbonyl (C=O) groups is 2. The SMILES string of the molecule is Cc1ccc(OC(=O)c2cncc[n+]2CC(=O)c2ccccc2)cc1. The maximum Gasteiger partial charge on any atom is 0.410 e. The van der Waals surface area contributed by atoms with Gasteiger partial charge in [0.2, 0.25) is 12.3 Å². The topological polar surface area (TPSA) is 60.1 Å². The summed E-state index contributed by atoms with van der Waals surface area (Å²) >= 11 is 0. The van der Waals surface area contributed by atoms with E-state index in [4.69, 9.17) is 4.74 Å². The summed E-state index contributed by atoms with van der Waals surface area (Å²) < 4.78 is 6.91. The molecule has 0 unspecified atom stereocenters. The minimum atomic E-state index is -0.558. The van der Waals surface area contributed by atoms with Crippen LogP contribution in [0, 0.1) is 6.92 Å². The van der Waals surface area contributed by atoms with Crippen molar-refractivity contribution in [2.45, 2.75) is 13.5 Å². The number of ether oxygens (including phenoxy) is 1. The van der Waals surface area contributed by atoms with E-state index in [1.807, 2.05) is 25.1 Å². The minimum Gasteiger partial charge on any atom is -0.419 e. The number of ketones is 1. The summed E-state index contributed by atoms with van der Waals surface area (Å²) in [6.45, 7) is 1.99. The van der Waals surface area contributed by atoms with Crippen LogP contribution in [0.5, 0.6) is 5.75 Å². The number of nitrogens with zero attached hydrogens (tertiary/aromatic N) is 2. The fraction of sp³-hybridized carbons (Fsp3) is 0.100. The first-order chi connectivity index (χ1) is 12.1. The van der Waals surface area contributed by atoms with Gasteiger partial charge in [0.1, 0.15) is 11.9 Å². The molecule has 0 saturated carbocycles. The molecule has 0 aliphatic carbocycles. The number of benzene rings is 2. The molecule has 5 heteroatoms. The lowest BCUT2D eigenvalue weighted by atomic mass is 10.1. The average Bonchev–Trinajstić information content (AvgIpc) is 2.64. The van der Waals surface area contributed by atoms with E-state index >= 15 is 0 Å². The number of carbonyl (C=O) groups excluding carboxylic acids is 2. The molecule has 0 spiro atoms. The first-order valence-corrected chi connectivity index (χ1v) is 7.84. The highest BCUT2D eigenvalue weighted by Gasteiger charge is 2.24. The Labute approximate surface area is 145 Å². The van der Waals surface area contributed by atoms with Crippen LogP contribution < -0.4 is 9.30 Å². The van der Waals surface area contributed by atoms with Crippen LogP contribution in [0.2, 0.25) is 0 Å². The maximum atomic E-state index is 12.4. The molecule has 5 nitrogen and oxygen atoms in total. The molecule has 0 amide bonds. The molecule has 0 bridgehead atoms. The summed E-state index contributed by atoms with van der Waals surface area (Å²) in [7, 11) is 0. The largest absolute Gasteiger partial charge is 0.419 e. The van der Waals surface area contributed by atoms with E-state index < -0.39 is 5.97 Å². The van der Waals surface area contributed by atoms with Gasteiger partial charge >= 0.3 is 11.7 Å². The van der Waals surface area contributed by atoms with Gasteiger partial charge in [-0.05, 0) is 19.1 Å². The summed E-state index contributed by atoms with van der Waals surface area (Å²) in [5.41, 5.74) is 1.88. The Morgan fingerprint density at radius 3 is 2.48 bits per heavy atom. The van der Waals surface area contributed by atoms with Crippen molar-refractivity contribution in [3.05, 3.63) is 90.0 Å².